The molecule has 1 aliphatic carbocycles. The average molecular weight is 463 g/mol. The first-order valence-electron chi connectivity index (χ1n) is 11.0. The van der Waals surface area contributed by atoms with Gasteiger partial charge in [-0.1, -0.05) is 18.2 Å². The monoisotopic (exact) mass is 462 g/mol. The summed E-state index contributed by atoms with van der Waals surface area (Å²) in [7, 11) is 5.20. The maximum Gasteiger partial charge on any atom is 0.161 e. The number of methoxy groups -OCH3 is 1. The number of hydrogen-bond acceptors (Lipinski definition) is 7. The van der Waals surface area contributed by atoms with Crippen LogP contribution >= 0.6 is 0 Å². The summed E-state index contributed by atoms with van der Waals surface area (Å²) in [6, 6.07) is 13.7. The molecule has 176 valence electrons. The molecule has 0 saturated heterocycles. The number of allylic oxidation sites excluding steroid dienone is 3. The van der Waals surface area contributed by atoms with Crippen molar-refractivity contribution >= 4 is 5.78 Å². The van der Waals surface area contributed by atoms with Crippen LogP contribution in [0.2, 0.25) is 0 Å². The number of ether oxygens (including phenoxy) is 2. The molecular weight excluding hydrogens is 435 g/mol. The van der Waals surface area contributed by atoms with Crippen LogP contribution in [0.4, 0.5) is 4.39 Å². The van der Waals surface area contributed by atoms with Crippen molar-refractivity contribution in [1.82, 2.24) is 10.0 Å². The highest BCUT2D eigenvalue weighted by molar-refractivity contribution is 5.99. The number of hydrogen-bond donors (Lipinski definition) is 1. The summed E-state index contributed by atoms with van der Waals surface area (Å²) >= 11 is 0. The van der Waals surface area contributed by atoms with E-state index in [1.54, 1.807) is 34.3 Å². The normalized spacial score (nSPS) is 18.2. The summed E-state index contributed by atoms with van der Waals surface area (Å²) in [6.45, 7) is 0.237. The van der Waals surface area contributed by atoms with E-state index in [0.717, 1.165) is 23.2 Å². The number of hydrazine groups is 1. The number of halogens is 1. The first kappa shape index (κ1) is 23.3. The van der Waals surface area contributed by atoms with Gasteiger partial charge in [0.05, 0.1) is 24.7 Å². The van der Waals surface area contributed by atoms with Gasteiger partial charge >= 0.3 is 0 Å². The van der Waals surface area contributed by atoms with Crippen molar-refractivity contribution in [2.24, 2.45) is 5.73 Å². The number of carbonyl (C=O) groups is 1. The van der Waals surface area contributed by atoms with Gasteiger partial charge in [-0.15, -0.1) is 0 Å². The third-order valence-corrected chi connectivity index (χ3v) is 6.11. The number of benzene rings is 2. The Morgan fingerprint density at radius 2 is 1.91 bits per heavy atom. The zero-order valence-corrected chi connectivity index (χ0v) is 19.5. The van der Waals surface area contributed by atoms with Gasteiger partial charge in [0.2, 0.25) is 0 Å². The second-order valence-corrected chi connectivity index (χ2v) is 8.47. The van der Waals surface area contributed by atoms with Crippen molar-refractivity contribution in [2.45, 2.75) is 31.8 Å². The van der Waals surface area contributed by atoms with E-state index in [0.29, 0.717) is 41.3 Å². The summed E-state index contributed by atoms with van der Waals surface area (Å²) in [5.41, 5.74) is 9.75. The highest BCUT2D eigenvalue weighted by Crippen LogP contribution is 2.46. The molecule has 1 heterocycles. The zero-order chi connectivity index (χ0) is 24.4. The first-order valence-corrected chi connectivity index (χ1v) is 11.0. The van der Waals surface area contributed by atoms with Crippen LogP contribution in [-0.4, -0.2) is 37.0 Å². The molecule has 2 aliphatic rings. The number of nitrogens with zero attached hydrogens (tertiary/aromatic N) is 3. The lowest BCUT2D eigenvalue weighted by atomic mass is 9.76. The van der Waals surface area contributed by atoms with Crippen LogP contribution in [0.1, 0.15) is 36.3 Å². The molecule has 0 fully saturated rings. The third-order valence-electron chi connectivity index (χ3n) is 6.11. The fourth-order valence-electron chi connectivity index (χ4n) is 4.58. The summed E-state index contributed by atoms with van der Waals surface area (Å²) in [6.07, 6.45) is 1.87. The Kier molecular flexibility index (Phi) is 6.57. The first-order chi connectivity index (χ1) is 16.3. The lowest BCUT2D eigenvalue weighted by Gasteiger charge is -2.42. The van der Waals surface area contributed by atoms with E-state index in [9.17, 15) is 14.4 Å². The Bertz CT molecular complexity index is 1210. The lowest BCUT2D eigenvalue weighted by Crippen LogP contribution is -2.45. The Morgan fingerprint density at radius 1 is 1.18 bits per heavy atom. The van der Waals surface area contributed by atoms with Gasteiger partial charge in [-0.05, 0) is 48.2 Å². The molecule has 8 heteroatoms. The Morgan fingerprint density at radius 3 is 2.56 bits per heavy atom. The molecule has 2 N–H and O–H groups in total. The molecule has 1 aliphatic heterocycles. The molecule has 1 unspecified atom stereocenters. The molecule has 0 aromatic heterocycles. The molecule has 1 atom stereocenters. The van der Waals surface area contributed by atoms with Crippen molar-refractivity contribution < 1.29 is 18.7 Å². The van der Waals surface area contributed by atoms with Crippen LogP contribution < -0.4 is 15.2 Å². The van der Waals surface area contributed by atoms with E-state index in [1.807, 2.05) is 20.2 Å². The van der Waals surface area contributed by atoms with Crippen LogP contribution in [0, 0.1) is 17.1 Å². The van der Waals surface area contributed by atoms with Gasteiger partial charge in [0.15, 0.2) is 17.3 Å². The molecule has 0 amide bonds. The van der Waals surface area contributed by atoms with Gasteiger partial charge in [0, 0.05) is 31.8 Å². The standard InChI is InChI=1S/C26H27FN4O3/c1-30(2)31-20-5-4-6-21(32)25(20)24(19(14-28)26(31)29)17-9-12-22(23(13-17)33-3)34-15-16-7-10-18(27)11-8-16/h7-13,24H,4-6,15,29H2,1-3H3. The average Bonchev–Trinajstić information content (AvgIpc) is 2.82. The summed E-state index contributed by atoms with van der Waals surface area (Å²) in [5, 5.41) is 13.6. The highest BCUT2D eigenvalue weighted by atomic mass is 19.1. The van der Waals surface area contributed by atoms with Crippen LogP contribution in [0.25, 0.3) is 0 Å². The molecule has 4 rings (SSSR count). The van der Waals surface area contributed by atoms with Gasteiger partial charge in [0.25, 0.3) is 0 Å². The van der Waals surface area contributed by atoms with E-state index in [1.165, 1.54) is 19.2 Å². The Labute approximate surface area is 198 Å². The summed E-state index contributed by atoms with van der Waals surface area (Å²) in [5.74, 6) is 0.425. The van der Waals surface area contributed by atoms with E-state index in [-0.39, 0.29) is 18.2 Å². The zero-order valence-electron chi connectivity index (χ0n) is 19.5. The molecule has 0 bridgehead atoms. The van der Waals surface area contributed by atoms with Crippen LogP contribution in [0.5, 0.6) is 11.5 Å². The number of rotatable bonds is 6. The second kappa shape index (κ2) is 9.57. The lowest BCUT2D eigenvalue weighted by molar-refractivity contribution is -0.116. The molecule has 7 nitrogen and oxygen atoms in total. The molecule has 2 aromatic rings. The number of nitriles is 1. The van der Waals surface area contributed by atoms with Gasteiger partial charge < -0.3 is 15.2 Å². The molecule has 2 aromatic carbocycles. The minimum atomic E-state index is -0.580. The SMILES string of the molecule is COc1cc(C2C(C#N)=C(N)N(N(C)C)C3=C2C(=O)CCC3)ccc1OCc1ccc(F)cc1. The van der Waals surface area contributed by atoms with E-state index in [2.05, 4.69) is 6.07 Å². The van der Waals surface area contributed by atoms with E-state index in [4.69, 9.17) is 15.2 Å². The van der Waals surface area contributed by atoms with Gasteiger partial charge in [0.1, 0.15) is 18.2 Å². The molecule has 0 saturated carbocycles. The van der Waals surface area contributed by atoms with E-state index < -0.39 is 5.92 Å². The van der Waals surface area contributed by atoms with Gasteiger partial charge in [-0.2, -0.15) is 5.26 Å². The predicted molar refractivity (Wildman–Crippen MR) is 125 cm³/mol. The van der Waals surface area contributed by atoms with Crippen molar-refractivity contribution in [3.8, 4) is 17.6 Å². The van der Waals surface area contributed by atoms with Crippen molar-refractivity contribution in [3.05, 3.63) is 82.1 Å². The maximum atomic E-state index is 13.2. The van der Waals surface area contributed by atoms with Gasteiger partial charge in [-0.3, -0.25) is 9.80 Å². The van der Waals surface area contributed by atoms with E-state index >= 15 is 0 Å². The minimum Gasteiger partial charge on any atom is -0.493 e. The van der Waals surface area contributed by atoms with Crippen molar-refractivity contribution in [3.63, 3.8) is 0 Å². The summed E-state index contributed by atoms with van der Waals surface area (Å²) in [4.78, 5) is 13.1. The number of carbonyl (C=O) groups excluding carboxylic acids is 1. The Balaban J connectivity index is 1.73. The fraction of sp³-hybridized carbons (Fsp3) is 0.308. The van der Waals surface area contributed by atoms with Gasteiger partial charge in [-0.25, -0.2) is 9.40 Å². The molecule has 0 spiro atoms. The van der Waals surface area contributed by atoms with Crippen LogP contribution in [-0.2, 0) is 11.4 Å². The smallest absolute Gasteiger partial charge is 0.161 e. The van der Waals surface area contributed by atoms with Crippen LogP contribution in [0.15, 0.2) is 65.1 Å². The topological polar surface area (TPSA) is 91.8 Å². The number of nitrogens with two attached hydrogens (primary N) is 1. The largest absolute Gasteiger partial charge is 0.493 e. The quantitative estimate of drug-likeness (QED) is 0.694. The molecule has 34 heavy (non-hydrogen) atoms. The number of Topliss-reactive ketones (excluding diaryl/α,β-unsaturated/α-hetero) is 1. The van der Waals surface area contributed by atoms with Crippen molar-refractivity contribution in [2.75, 3.05) is 21.2 Å². The highest BCUT2D eigenvalue weighted by Gasteiger charge is 2.40. The summed E-state index contributed by atoms with van der Waals surface area (Å²) < 4.78 is 24.6. The maximum absolute atomic E-state index is 13.2. The second-order valence-electron chi connectivity index (χ2n) is 8.47. The third kappa shape index (κ3) is 4.22. The van der Waals surface area contributed by atoms with Crippen LogP contribution in [0.3, 0.4) is 0 Å². The minimum absolute atomic E-state index is 0.0222. The molecule has 0 radical (unpaired) electrons. The number of ketones is 1. The fourth-order valence-corrected chi connectivity index (χ4v) is 4.58. The Hall–Kier alpha value is -3.83. The predicted octanol–water partition coefficient (Wildman–Crippen LogP) is 3.99. The molecular formula is C26H27FN4O3. The van der Waals surface area contributed by atoms with Crippen molar-refractivity contribution in [1.29, 1.82) is 5.26 Å².